The monoisotopic (exact) mass is 330 g/mol. The van der Waals surface area contributed by atoms with Gasteiger partial charge in [0.25, 0.3) is 5.91 Å². The molecule has 0 spiro atoms. The van der Waals surface area contributed by atoms with Gasteiger partial charge in [0.15, 0.2) is 6.10 Å². The molecule has 2 atom stereocenters. The summed E-state index contributed by atoms with van der Waals surface area (Å²) in [5.41, 5.74) is 1.77. The molecular formula is C18H19ClN2O2. The van der Waals surface area contributed by atoms with Crippen molar-refractivity contribution in [2.75, 3.05) is 25.5 Å². The van der Waals surface area contributed by atoms with Crippen LogP contribution in [0.4, 0.5) is 5.69 Å². The van der Waals surface area contributed by atoms with Gasteiger partial charge in [0.1, 0.15) is 0 Å². The van der Waals surface area contributed by atoms with Crippen LogP contribution in [0.25, 0.3) is 0 Å². The summed E-state index contributed by atoms with van der Waals surface area (Å²) in [5, 5.41) is 4.02. The Morgan fingerprint density at radius 2 is 1.87 bits per heavy atom. The Hall–Kier alpha value is -2.04. The number of amides is 1. The van der Waals surface area contributed by atoms with Crippen LogP contribution in [0.5, 0.6) is 0 Å². The summed E-state index contributed by atoms with van der Waals surface area (Å²) in [5.74, 6) is -0.0374. The van der Waals surface area contributed by atoms with Crippen LogP contribution in [0.15, 0.2) is 54.6 Å². The van der Waals surface area contributed by atoms with Gasteiger partial charge in [-0.05, 0) is 23.8 Å². The number of ether oxygens (including phenoxy) is 1. The number of para-hydroxylation sites is 1. The zero-order chi connectivity index (χ0) is 16.2. The van der Waals surface area contributed by atoms with Crippen LogP contribution in [0, 0.1) is 0 Å². The number of likely N-dealkylation sites (N-methyl/N-ethyl adjacent to an activating group) is 1. The van der Waals surface area contributed by atoms with E-state index in [4.69, 9.17) is 16.3 Å². The number of hydrogen-bond acceptors (Lipinski definition) is 3. The van der Waals surface area contributed by atoms with E-state index in [1.54, 1.807) is 11.9 Å². The third-order valence-electron chi connectivity index (χ3n) is 3.98. The molecule has 5 heteroatoms. The Balaban J connectivity index is 1.96. The van der Waals surface area contributed by atoms with E-state index in [1.165, 1.54) is 0 Å². The Morgan fingerprint density at radius 3 is 2.61 bits per heavy atom. The number of rotatable bonds is 4. The van der Waals surface area contributed by atoms with Crippen LogP contribution < -0.4 is 5.32 Å². The largest absolute Gasteiger partial charge is 0.375 e. The second-order valence-electron chi connectivity index (χ2n) is 5.56. The van der Waals surface area contributed by atoms with Crippen molar-refractivity contribution in [1.29, 1.82) is 0 Å². The van der Waals surface area contributed by atoms with Crippen LogP contribution in [0.3, 0.4) is 0 Å². The molecule has 23 heavy (non-hydrogen) atoms. The zero-order valence-corrected chi connectivity index (χ0v) is 13.7. The molecule has 1 N–H and O–H groups in total. The average molecular weight is 331 g/mol. The standard InChI is InChI=1S/C18H19ClN2O2/c1-21-11-12-23-17(18(21)22)16(14-9-5-6-10-15(14)19)20-13-7-3-2-4-8-13/h2-10,16-17,20H,11-12H2,1H3. The van der Waals surface area contributed by atoms with E-state index in [9.17, 15) is 4.79 Å². The van der Waals surface area contributed by atoms with E-state index in [-0.39, 0.29) is 11.9 Å². The van der Waals surface area contributed by atoms with Crippen LogP contribution in [0.1, 0.15) is 11.6 Å². The van der Waals surface area contributed by atoms with Crippen molar-refractivity contribution in [2.24, 2.45) is 0 Å². The summed E-state index contributed by atoms with van der Waals surface area (Å²) < 4.78 is 5.79. The first-order valence-electron chi connectivity index (χ1n) is 7.59. The van der Waals surface area contributed by atoms with Gasteiger partial charge in [-0.3, -0.25) is 4.79 Å². The highest BCUT2D eigenvalue weighted by Crippen LogP contribution is 2.31. The smallest absolute Gasteiger partial charge is 0.254 e. The Kier molecular flexibility index (Phi) is 4.84. The molecule has 1 fully saturated rings. The van der Waals surface area contributed by atoms with E-state index in [0.29, 0.717) is 18.2 Å². The van der Waals surface area contributed by atoms with Crippen LogP contribution in [-0.4, -0.2) is 37.1 Å². The Morgan fingerprint density at radius 1 is 1.17 bits per heavy atom. The summed E-state index contributed by atoms with van der Waals surface area (Å²) in [6.45, 7) is 1.13. The van der Waals surface area contributed by atoms with Gasteiger partial charge in [0.2, 0.25) is 0 Å². The van der Waals surface area contributed by atoms with Gasteiger partial charge in [-0.1, -0.05) is 48.0 Å². The van der Waals surface area contributed by atoms with Crippen molar-refractivity contribution in [2.45, 2.75) is 12.1 Å². The third-order valence-corrected chi connectivity index (χ3v) is 4.33. The minimum atomic E-state index is -0.603. The lowest BCUT2D eigenvalue weighted by molar-refractivity contribution is -0.152. The van der Waals surface area contributed by atoms with Gasteiger partial charge in [-0.2, -0.15) is 0 Å². The fraction of sp³-hybridized carbons (Fsp3) is 0.278. The molecule has 1 aliphatic rings. The number of halogens is 1. The molecule has 1 saturated heterocycles. The molecule has 120 valence electrons. The van der Waals surface area contributed by atoms with Crippen molar-refractivity contribution in [3.63, 3.8) is 0 Å². The molecule has 3 rings (SSSR count). The van der Waals surface area contributed by atoms with Crippen molar-refractivity contribution in [3.8, 4) is 0 Å². The molecular weight excluding hydrogens is 312 g/mol. The van der Waals surface area contributed by atoms with Gasteiger partial charge in [0.05, 0.1) is 12.6 Å². The summed E-state index contributed by atoms with van der Waals surface area (Å²) in [4.78, 5) is 14.3. The maximum absolute atomic E-state index is 12.6. The highest BCUT2D eigenvalue weighted by molar-refractivity contribution is 6.31. The molecule has 0 aliphatic carbocycles. The molecule has 0 aromatic heterocycles. The topological polar surface area (TPSA) is 41.6 Å². The van der Waals surface area contributed by atoms with Gasteiger partial charge < -0.3 is 15.0 Å². The number of carbonyl (C=O) groups excluding carboxylic acids is 1. The van der Waals surface area contributed by atoms with Crippen molar-refractivity contribution in [1.82, 2.24) is 4.90 Å². The maximum Gasteiger partial charge on any atom is 0.254 e. The SMILES string of the molecule is CN1CCOC(C(Nc2ccccc2)c2ccccc2Cl)C1=O. The second-order valence-corrected chi connectivity index (χ2v) is 5.97. The molecule has 2 aromatic rings. The molecule has 1 heterocycles. The van der Waals surface area contributed by atoms with Gasteiger partial charge in [-0.15, -0.1) is 0 Å². The van der Waals surface area contributed by atoms with Gasteiger partial charge >= 0.3 is 0 Å². The number of benzene rings is 2. The first-order chi connectivity index (χ1) is 11.2. The molecule has 4 nitrogen and oxygen atoms in total. The van der Waals surface area contributed by atoms with E-state index in [1.807, 2.05) is 54.6 Å². The van der Waals surface area contributed by atoms with Crippen LogP contribution in [-0.2, 0) is 9.53 Å². The molecule has 1 aliphatic heterocycles. The summed E-state index contributed by atoms with van der Waals surface area (Å²) in [6.07, 6.45) is -0.603. The lowest BCUT2D eigenvalue weighted by Gasteiger charge is -2.35. The third kappa shape index (κ3) is 3.49. The molecule has 0 saturated carbocycles. The summed E-state index contributed by atoms with van der Waals surface area (Å²) in [6, 6.07) is 17.0. The predicted molar refractivity (Wildman–Crippen MR) is 91.6 cm³/mol. The molecule has 0 radical (unpaired) electrons. The maximum atomic E-state index is 12.6. The molecule has 0 bridgehead atoms. The number of morpholine rings is 1. The Bertz CT molecular complexity index is 678. The fourth-order valence-electron chi connectivity index (χ4n) is 2.71. The van der Waals surface area contributed by atoms with E-state index >= 15 is 0 Å². The first kappa shape index (κ1) is 15.8. The van der Waals surface area contributed by atoms with E-state index < -0.39 is 6.10 Å². The summed E-state index contributed by atoms with van der Waals surface area (Å²) in [7, 11) is 1.80. The first-order valence-corrected chi connectivity index (χ1v) is 7.97. The quantitative estimate of drug-likeness (QED) is 0.934. The number of carbonyl (C=O) groups is 1. The zero-order valence-electron chi connectivity index (χ0n) is 12.9. The van der Waals surface area contributed by atoms with Crippen LogP contribution in [0.2, 0.25) is 5.02 Å². The van der Waals surface area contributed by atoms with Gasteiger partial charge in [-0.25, -0.2) is 0 Å². The van der Waals surface area contributed by atoms with Crippen LogP contribution >= 0.6 is 11.6 Å². The number of nitrogens with one attached hydrogen (secondary N) is 1. The van der Waals surface area contributed by atoms with Gasteiger partial charge in [0, 0.05) is 24.3 Å². The highest BCUT2D eigenvalue weighted by atomic mass is 35.5. The summed E-state index contributed by atoms with van der Waals surface area (Å²) >= 11 is 6.37. The number of hydrogen-bond donors (Lipinski definition) is 1. The van der Waals surface area contributed by atoms with E-state index in [2.05, 4.69) is 5.32 Å². The van der Waals surface area contributed by atoms with Crippen molar-refractivity contribution < 1.29 is 9.53 Å². The van der Waals surface area contributed by atoms with E-state index in [0.717, 1.165) is 11.3 Å². The lowest BCUT2D eigenvalue weighted by atomic mass is 9.98. The molecule has 1 amide bonds. The molecule has 2 aromatic carbocycles. The predicted octanol–water partition coefficient (Wildman–Crippen LogP) is 3.35. The average Bonchev–Trinajstić information content (AvgIpc) is 2.57. The second kappa shape index (κ2) is 7.02. The highest BCUT2D eigenvalue weighted by Gasteiger charge is 2.36. The number of nitrogens with zero attached hydrogens (tertiary/aromatic N) is 1. The minimum absolute atomic E-state index is 0.0374. The number of anilines is 1. The fourth-order valence-corrected chi connectivity index (χ4v) is 2.97. The lowest BCUT2D eigenvalue weighted by Crippen LogP contribution is -2.49. The Labute approximate surface area is 141 Å². The van der Waals surface area contributed by atoms with Crippen molar-refractivity contribution in [3.05, 3.63) is 65.2 Å². The minimum Gasteiger partial charge on any atom is -0.375 e. The normalized spacial score (nSPS) is 19.5. The van der Waals surface area contributed by atoms with Crippen molar-refractivity contribution >= 4 is 23.2 Å². The molecule has 2 unspecified atom stereocenters.